The van der Waals surface area contributed by atoms with Crippen molar-refractivity contribution >= 4 is 18.2 Å². The Kier molecular flexibility index (Phi) is 4.77. The standard InChI is InChI=1S/C23H21NO2S/c1-16-10-12-17(13-11-16)23(27-14-22(24)26-15-25)20-8-4-2-6-18(20)19-7-3-5-9-21(19)23/h2-13,15,22H,14,24H2,1H3. The SMILES string of the molecule is Cc1ccc(C2(SCC(N)OC=O)c3ccccc3-c3ccccc32)cc1. The maximum Gasteiger partial charge on any atom is 0.294 e. The number of thioether (sulfide) groups is 1. The van der Waals surface area contributed by atoms with Crippen LogP contribution in [-0.4, -0.2) is 18.5 Å². The molecule has 1 atom stereocenters. The van der Waals surface area contributed by atoms with Crippen molar-refractivity contribution in [2.75, 3.05) is 5.75 Å². The molecule has 4 rings (SSSR count). The summed E-state index contributed by atoms with van der Waals surface area (Å²) in [5, 5.41) is 0. The van der Waals surface area contributed by atoms with Crippen LogP contribution in [0.1, 0.15) is 22.3 Å². The van der Waals surface area contributed by atoms with Gasteiger partial charge in [0.15, 0.2) is 6.23 Å². The molecule has 3 nitrogen and oxygen atoms in total. The van der Waals surface area contributed by atoms with Crippen molar-refractivity contribution in [1.29, 1.82) is 0 Å². The number of carbonyl (C=O) groups excluding carboxylic acids is 1. The summed E-state index contributed by atoms with van der Waals surface area (Å²) in [5.41, 5.74) is 13.4. The molecule has 1 aliphatic rings. The molecule has 0 fully saturated rings. The number of ether oxygens (including phenoxy) is 1. The van der Waals surface area contributed by atoms with Crippen LogP contribution in [0.4, 0.5) is 0 Å². The highest BCUT2D eigenvalue weighted by Crippen LogP contribution is 2.58. The highest BCUT2D eigenvalue weighted by molar-refractivity contribution is 8.00. The summed E-state index contributed by atoms with van der Waals surface area (Å²) >= 11 is 1.71. The lowest BCUT2D eigenvalue weighted by molar-refractivity contribution is -0.132. The third kappa shape index (κ3) is 2.95. The molecule has 27 heavy (non-hydrogen) atoms. The molecule has 3 aromatic carbocycles. The summed E-state index contributed by atoms with van der Waals surface area (Å²) in [6.07, 6.45) is -0.644. The Balaban J connectivity index is 1.92. The molecule has 2 N–H and O–H groups in total. The number of aryl methyl sites for hydroxylation is 1. The summed E-state index contributed by atoms with van der Waals surface area (Å²) in [5.74, 6) is 0.495. The predicted molar refractivity (Wildman–Crippen MR) is 111 cm³/mol. The fourth-order valence-corrected chi connectivity index (χ4v) is 5.31. The van der Waals surface area contributed by atoms with Crippen molar-refractivity contribution in [2.45, 2.75) is 17.9 Å². The first-order valence-electron chi connectivity index (χ1n) is 8.92. The van der Waals surface area contributed by atoms with Crippen molar-refractivity contribution in [3.63, 3.8) is 0 Å². The number of hydrogen-bond donors (Lipinski definition) is 1. The molecule has 0 heterocycles. The van der Waals surface area contributed by atoms with Crippen molar-refractivity contribution in [3.8, 4) is 11.1 Å². The first kappa shape index (κ1) is 17.8. The quantitative estimate of drug-likeness (QED) is 0.511. The van der Waals surface area contributed by atoms with E-state index in [2.05, 4.69) is 79.7 Å². The summed E-state index contributed by atoms with van der Waals surface area (Å²) in [6, 6.07) is 25.7. The van der Waals surface area contributed by atoms with E-state index in [1.54, 1.807) is 11.8 Å². The molecule has 0 amide bonds. The van der Waals surface area contributed by atoms with Crippen LogP contribution in [0.3, 0.4) is 0 Å². The Morgan fingerprint density at radius 3 is 2.07 bits per heavy atom. The van der Waals surface area contributed by atoms with Crippen molar-refractivity contribution in [2.24, 2.45) is 5.73 Å². The van der Waals surface area contributed by atoms with Crippen molar-refractivity contribution < 1.29 is 9.53 Å². The zero-order valence-corrected chi connectivity index (χ0v) is 15.9. The monoisotopic (exact) mass is 375 g/mol. The van der Waals surface area contributed by atoms with Crippen LogP contribution in [0.25, 0.3) is 11.1 Å². The van der Waals surface area contributed by atoms with E-state index >= 15 is 0 Å². The average Bonchev–Trinajstić information content (AvgIpc) is 2.99. The van der Waals surface area contributed by atoms with Gasteiger partial charge in [-0.3, -0.25) is 10.5 Å². The topological polar surface area (TPSA) is 52.3 Å². The summed E-state index contributed by atoms with van der Waals surface area (Å²) < 4.78 is 4.57. The minimum atomic E-state index is -0.644. The second-order valence-corrected chi connectivity index (χ2v) is 7.95. The number of benzene rings is 3. The summed E-state index contributed by atoms with van der Waals surface area (Å²) in [4.78, 5) is 10.7. The third-order valence-corrected chi connectivity index (χ3v) is 6.66. The number of nitrogens with two attached hydrogens (primary N) is 1. The first-order chi connectivity index (χ1) is 13.2. The van der Waals surface area contributed by atoms with Gasteiger partial charge in [-0.1, -0.05) is 78.4 Å². The molecule has 0 saturated heterocycles. The second kappa shape index (κ2) is 7.22. The number of carbonyl (C=O) groups is 1. The Morgan fingerprint density at radius 1 is 0.963 bits per heavy atom. The van der Waals surface area contributed by atoms with Gasteiger partial charge in [-0.05, 0) is 34.7 Å². The Hall–Kier alpha value is -2.56. The average molecular weight is 375 g/mol. The van der Waals surface area contributed by atoms with Gasteiger partial charge in [0.1, 0.15) is 0 Å². The molecule has 136 valence electrons. The lowest BCUT2D eigenvalue weighted by atomic mass is 9.88. The summed E-state index contributed by atoms with van der Waals surface area (Å²) in [7, 11) is 0. The molecular weight excluding hydrogens is 354 g/mol. The Bertz CT molecular complexity index is 923. The molecule has 0 saturated carbocycles. The van der Waals surface area contributed by atoms with E-state index in [-0.39, 0.29) is 4.75 Å². The fourth-order valence-electron chi connectivity index (χ4n) is 3.85. The Morgan fingerprint density at radius 2 is 1.52 bits per heavy atom. The number of rotatable bonds is 6. The van der Waals surface area contributed by atoms with Crippen LogP contribution in [-0.2, 0) is 14.3 Å². The molecule has 0 spiro atoms. The van der Waals surface area contributed by atoms with E-state index in [1.165, 1.54) is 33.4 Å². The van der Waals surface area contributed by atoms with E-state index in [0.717, 1.165) is 0 Å². The first-order valence-corrected chi connectivity index (χ1v) is 9.90. The fraction of sp³-hybridized carbons (Fsp3) is 0.174. The molecule has 4 heteroatoms. The molecule has 3 aromatic rings. The van der Waals surface area contributed by atoms with E-state index in [0.29, 0.717) is 12.2 Å². The van der Waals surface area contributed by atoms with E-state index in [9.17, 15) is 4.79 Å². The molecule has 0 bridgehead atoms. The van der Waals surface area contributed by atoms with Crippen LogP contribution < -0.4 is 5.73 Å². The second-order valence-electron chi connectivity index (χ2n) is 6.72. The van der Waals surface area contributed by atoms with Crippen molar-refractivity contribution in [1.82, 2.24) is 0 Å². The van der Waals surface area contributed by atoms with Gasteiger partial charge < -0.3 is 4.74 Å². The molecule has 0 aliphatic heterocycles. The largest absolute Gasteiger partial charge is 0.448 e. The third-order valence-electron chi connectivity index (χ3n) is 5.06. The summed E-state index contributed by atoms with van der Waals surface area (Å²) in [6.45, 7) is 2.51. The van der Waals surface area contributed by atoms with Gasteiger partial charge in [-0.25, -0.2) is 0 Å². The van der Waals surface area contributed by atoms with Crippen LogP contribution >= 0.6 is 11.8 Å². The Labute approximate surface area is 163 Å². The van der Waals surface area contributed by atoms with Gasteiger partial charge in [-0.2, -0.15) is 0 Å². The molecular formula is C23H21NO2S. The molecule has 0 radical (unpaired) electrons. The lowest BCUT2D eigenvalue weighted by Crippen LogP contribution is -2.31. The molecule has 1 aliphatic carbocycles. The minimum Gasteiger partial charge on any atom is -0.448 e. The van der Waals surface area contributed by atoms with Gasteiger partial charge in [0.25, 0.3) is 6.47 Å². The van der Waals surface area contributed by atoms with Crippen molar-refractivity contribution in [3.05, 3.63) is 95.1 Å². The van der Waals surface area contributed by atoms with Gasteiger partial charge in [0.05, 0.1) is 4.75 Å². The zero-order valence-electron chi connectivity index (χ0n) is 15.1. The predicted octanol–water partition coefficient (Wildman–Crippen LogP) is 4.46. The van der Waals surface area contributed by atoms with E-state index in [1.807, 2.05) is 0 Å². The zero-order chi connectivity index (χ0) is 18.9. The lowest BCUT2D eigenvalue weighted by Gasteiger charge is -2.33. The minimum absolute atomic E-state index is 0.384. The van der Waals surface area contributed by atoms with Gasteiger partial charge in [0.2, 0.25) is 0 Å². The van der Waals surface area contributed by atoms with E-state index < -0.39 is 6.23 Å². The molecule has 0 aromatic heterocycles. The van der Waals surface area contributed by atoms with Crippen LogP contribution in [0, 0.1) is 6.92 Å². The van der Waals surface area contributed by atoms with Crippen LogP contribution in [0.5, 0.6) is 0 Å². The van der Waals surface area contributed by atoms with Crippen LogP contribution in [0.2, 0.25) is 0 Å². The number of fused-ring (bicyclic) bond motifs is 3. The van der Waals surface area contributed by atoms with Gasteiger partial charge in [-0.15, -0.1) is 11.8 Å². The number of hydrogen-bond acceptors (Lipinski definition) is 4. The van der Waals surface area contributed by atoms with Gasteiger partial charge in [0, 0.05) is 5.75 Å². The highest BCUT2D eigenvalue weighted by atomic mass is 32.2. The van der Waals surface area contributed by atoms with E-state index in [4.69, 9.17) is 10.5 Å². The van der Waals surface area contributed by atoms with Crippen LogP contribution in [0.15, 0.2) is 72.8 Å². The smallest absolute Gasteiger partial charge is 0.294 e. The maximum absolute atomic E-state index is 10.7. The van der Waals surface area contributed by atoms with Gasteiger partial charge >= 0.3 is 0 Å². The highest BCUT2D eigenvalue weighted by Gasteiger charge is 2.45. The molecule has 1 unspecified atom stereocenters. The maximum atomic E-state index is 10.7. The normalized spacial score (nSPS) is 14.9.